The lowest BCUT2D eigenvalue weighted by Gasteiger charge is -2.37. The van der Waals surface area contributed by atoms with Gasteiger partial charge in [0.25, 0.3) is 0 Å². The van der Waals surface area contributed by atoms with E-state index in [1.54, 1.807) is 0 Å². The van der Waals surface area contributed by atoms with Crippen LogP contribution in [0.5, 0.6) is 0 Å². The minimum Gasteiger partial charge on any atom is -0.293 e. The summed E-state index contributed by atoms with van der Waals surface area (Å²) in [6.07, 6.45) is 2.22. The highest BCUT2D eigenvalue weighted by Gasteiger charge is 2.28. The molecule has 0 N–H and O–H groups in total. The van der Waals surface area contributed by atoms with Crippen LogP contribution in [0.15, 0.2) is 0 Å². The van der Waals surface area contributed by atoms with Gasteiger partial charge < -0.3 is 0 Å². The first kappa shape index (κ1) is 14.0. The lowest BCUT2D eigenvalue weighted by molar-refractivity contribution is 0.122. The molecule has 0 unspecified atom stereocenters. The fourth-order valence-corrected chi connectivity index (χ4v) is 3.78. The summed E-state index contributed by atoms with van der Waals surface area (Å²) in [5, 5.41) is 1.32. The van der Waals surface area contributed by atoms with Crippen LogP contribution in [0, 0.1) is 5.41 Å². The van der Waals surface area contributed by atoms with E-state index in [9.17, 15) is 0 Å². The fourth-order valence-electron chi connectivity index (χ4n) is 2.35. The molecule has 2 rings (SSSR count). The number of nitrogens with zero attached hydrogens (tertiary/aromatic N) is 2. The molecule has 0 aliphatic carbocycles. The zero-order chi connectivity index (χ0) is 13.6. The minimum absolute atomic E-state index is 0.270. The summed E-state index contributed by atoms with van der Waals surface area (Å²) in [5.41, 5.74) is 1.97. The predicted molar refractivity (Wildman–Crippen MR) is 79.1 cm³/mol. The Balaban J connectivity index is 2.14. The van der Waals surface area contributed by atoms with Gasteiger partial charge in [0.2, 0.25) is 0 Å². The summed E-state index contributed by atoms with van der Waals surface area (Å²) in [7, 11) is 0. The van der Waals surface area contributed by atoms with Crippen LogP contribution in [0.4, 0.5) is 0 Å². The molecule has 0 amide bonds. The summed E-state index contributed by atoms with van der Waals surface area (Å²) in [6, 6.07) is 0. The topological polar surface area (TPSA) is 16.1 Å². The minimum atomic E-state index is 0.270. The normalized spacial score (nSPS) is 17.9. The SMILES string of the molecule is CC(C)(C)Cc1nc2c(s1)CN(C(C)(C)C)CC2. The third kappa shape index (κ3) is 3.33. The van der Waals surface area contributed by atoms with Gasteiger partial charge in [0.15, 0.2) is 0 Å². The Hall–Kier alpha value is -0.410. The second-order valence-electron chi connectivity index (χ2n) is 7.56. The summed E-state index contributed by atoms with van der Waals surface area (Å²) >= 11 is 1.93. The Kier molecular flexibility index (Phi) is 3.58. The number of fused-ring (bicyclic) bond motifs is 1. The third-order valence-corrected chi connectivity index (χ3v) is 4.49. The molecule has 3 heteroatoms. The van der Waals surface area contributed by atoms with Gasteiger partial charge in [0, 0.05) is 36.3 Å². The summed E-state index contributed by atoms with van der Waals surface area (Å²) < 4.78 is 0. The van der Waals surface area contributed by atoms with Crippen LogP contribution >= 0.6 is 11.3 Å². The van der Waals surface area contributed by atoms with Crippen molar-refractivity contribution in [3.8, 4) is 0 Å². The highest BCUT2D eigenvalue weighted by molar-refractivity contribution is 7.11. The van der Waals surface area contributed by atoms with Crippen molar-refractivity contribution in [3.63, 3.8) is 0 Å². The molecule has 2 nitrogen and oxygen atoms in total. The zero-order valence-electron chi connectivity index (χ0n) is 12.6. The number of hydrogen-bond acceptors (Lipinski definition) is 3. The highest BCUT2D eigenvalue weighted by atomic mass is 32.1. The molecule has 102 valence electrons. The van der Waals surface area contributed by atoms with Crippen LogP contribution in [0.2, 0.25) is 0 Å². The maximum atomic E-state index is 4.84. The van der Waals surface area contributed by atoms with Gasteiger partial charge in [-0.2, -0.15) is 0 Å². The van der Waals surface area contributed by atoms with Gasteiger partial charge in [0.1, 0.15) is 0 Å². The number of hydrogen-bond donors (Lipinski definition) is 0. The second kappa shape index (κ2) is 4.61. The molecule has 1 aliphatic heterocycles. The second-order valence-corrected chi connectivity index (χ2v) is 8.73. The molecule has 0 spiro atoms. The fraction of sp³-hybridized carbons (Fsp3) is 0.800. The molecule has 0 saturated heterocycles. The Morgan fingerprint density at radius 1 is 1.17 bits per heavy atom. The Bertz CT molecular complexity index is 421. The van der Waals surface area contributed by atoms with Crippen molar-refractivity contribution in [2.75, 3.05) is 6.54 Å². The van der Waals surface area contributed by atoms with Crippen LogP contribution in [0.1, 0.15) is 57.1 Å². The Morgan fingerprint density at radius 3 is 2.39 bits per heavy atom. The van der Waals surface area contributed by atoms with Crippen LogP contribution in [-0.2, 0) is 19.4 Å². The molecular formula is C15H26N2S. The van der Waals surface area contributed by atoms with E-state index < -0.39 is 0 Å². The molecule has 0 radical (unpaired) electrons. The maximum Gasteiger partial charge on any atom is 0.0936 e. The van der Waals surface area contributed by atoms with Crippen molar-refractivity contribution in [2.45, 2.75) is 66.5 Å². The van der Waals surface area contributed by atoms with Gasteiger partial charge in [-0.25, -0.2) is 4.98 Å². The standard InChI is InChI=1S/C15H26N2S/c1-14(2,3)9-13-16-11-7-8-17(15(4,5)6)10-12(11)18-13/h7-10H2,1-6H3. The maximum absolute atomic E-state index is 4.84. The molecule has 0 fully saturated rings. The van der Waals surface area contributed by atoms with Crippen molar-refractivity contribution in [1.82, 2.24) is 9.88 Å². The molecule has 2 heterocycles. The van der Waals surface area contributed by atoms with Crippen molar-refractivity contribution < 1.29 is 0 Å². The smallest absolute Gasteiger partial charge is 0.0936 e. The van der Waals surface area contributed by atoms with Gasteiger partial charge in [0.05, 0.1) is 10.7 Å². The lowest BCUT2D eigenvalue weighted by Crippen LogP contribution is -2.43. The van der Waals surface area contributed by atoms with Crippen molar-refractivity contribution in [3.05, 3.63) is 15.6 Å². The van der Waals surface area contributed by atoms with Crippen LogP contribution in [0.25, 0.3) is 0 Å². The molecule has 1 aromatic rings. The van der Waals surface area contributed by atoms with E-state index >= 15 is 0 Å². The summed E-state index contributed by atoms with van der Waals surface area (Å²) in [5.74, 6) is 0. The van der Waals surface area contributed by atoms with Crippen LogP contribution < -0.4 is 0 Å². The average molecular weight is 266 g/mol. The van der Waals surface area contributed by atoms with E-state index in [4.69, 9.17) is 4.98 Å². The lowest BCUT2D eigenvalue weighted by atomic mass is 9.93. The molecule has 1 aliphatic rings. The Morgan fingerprint density at radius 2 is 1.83 bits per heavy atom. The first-order valence-electron chi connectivity index (χ1n) is 6.88. The van der Waals surface area contributed by atoms with Crippen LogP contribution in [0.3, 0.4) is 0 Å². The van der Waals surface area contributed by atoms with Crippen molar-refractivity contribution >= 4 is 11.3 Å². The molecule has 0 atom stereocenters. The Labute approximate surface area is 115 Å². The van der Waals surface area contributed by atoms with Crippen molar-refractivity contribution in [1.29, 1.82) is 0 Å². The third-order valence-electron chi connectivity index (χ3n) is 3.41. The van der Waals surface area contributed by atoms with Gasteiger partial charge in [-0.05, 0) is 26.2 Å². The highest BCUT2D eigenvalue weighted by Crippen LogP contribution is 2.31. The molecule has 0 bridgehead atoms. The molecule has 18 heavy (non-hydrogen) atoms. The van der Waals surface area contributed by atoms with E-state index in [0.29, 0.717) is 5.41 Å². The first-order valence-corrected chi connectivity index (χ1v) is 7.69. The molecule has 0 aromatic carbocycles. The van der Waals surface area contributed by atoms with E-state index in [-0.39, 0.29) is 5.54 Å². The van der Waals surface area contributed by atoms with E-state index in [2.05, 4.69) is 46.4 Å². The number of rotatable bonds is 1. The molecule has 0 saturated carbocycles. The zero-order valence-corrected chi connectivity index (χ0v) is 13.4. The van der Waals surface area contributed by atoms with Crippen LogP contribution in [-0.4, -0.2) is 22.0 Å². The van der Waals surface area contributed by atoms with E-state index in [1.165, 1.54) is 15.6 Å². The average Bonchev–Trinajstić information content (AvgIpc) is 2.53. The largest absolute Gasteiger partial charge is 0.293 e. The van der Waals surface area contributed by atoms with Gasteiger partial charge >= 0.3 is 0 Å². The van der Waals surface area contributed by atoms with Gasteiger partial charge in [-0.15, -0.1) is 11.3 Å². The predicted octanol–water partition coefficient (Wildman–Crippen LogP) is 3.89. The monoisotopic (exact) mass is 266 g/mol. The number of thiazole rings is 1. The first-order chi connectivity index (χ1) is 8.15. The molecular weight excluding hydrogens is 240 g/mol. The quantitative estimate of drug-likeness (QED) is 0.766. The summed E-state index contributed by atoms with van der Waals surface area (Å²) in [6.45, 7) is 16.0. The van der Waals surface area contributed by atoms with E-state index in [0.717, 1.165) is 25.9 Å². The van der Waals surface area contributed by atoms with Gasteiger partial charge in [-0.3, -0.25) is 4.90 Å². The summed E-state index contributed by atoms with van der Waals surface area (Å²) in [4.78, 5) is 8.90. The van der Waals surface area contributed by atoms with Gasteiger partial charge in [-0.1, -0.05) is 20.8 Å². The molecule has 1 aromatic heterocycles. The number of aromatic nitrogens is 1. The van der Waals surface area contributed by atoms with Crippen molar-refractivity contribution in [2.24, 2.45) is 5.41 Å². The van der Waals surface area contributed by atoms with E-state index in [1.807, 2.05) is 11.3 Å².